The minimum atomic E-state index is 0.103. The summed E-state index contributed by atoms with van der Waals surface area (Å²) in [5.74, 6) is 0.973. The highest BCUT2D eigenvalue weighted by Gasteiger charge is 2.42. The minimum Gasteiger partial charge on any atom is -0.381 e. The Morgan fingerprint density at radius 1 is 1.16 bits per heavy atom. The van der Waals surface area contributed by atoms with E-state index in [1.165, 1.54) is 17.5 Å². The highest BCUT2D eigenvalue weighted by atomic mass is 16.5. The van der Waals surface area contributed by atoms with Crippen molar-refractivity contribution in [2.45, 2.75) is 31.2 Å². The Morgan fingerprint density at radius 2 is 2.00 bits per heavy atom. The summed E-state index contributed by atoms with van der Waals surface area (Å²) in [6, 6.07) is 8.98. The molecule has 100 valence electrons. The molecule has 2 fully saturated rings. The monoisotopic (exact) mass is 257 g/mol. The second kappa shape index (κ2) is 4.34. The number of ether oxygens (including phenoxy) is 1. The highest BCUT2D eigenvalue weighted by Crippen LogP contribution is 2.47. The van der Waals surface area contributed by atoms with Crippen molar-refractivity contribution >= 4 is 5.91 Å². The van der Waals surface area contributed by atoms with Gasteiger partial charge in [-0.3, -0.25) is 4.79 Å². The van der Waals surface area contributed by atoms with Gasteiger partial charge in [-0.15, -0.1) is 0 Å². The third kappa shape index (κ3) is 1.71. The topological polar surface area (TPSA) is 29.5 Å². The number of amides is 1. The molecule has 3 aliphatic heterocycles. The van der Waals surface area contributed by atoms with Gasteiger partial charge < -0.3 is 9.64 Å². The third-order valence-corrected chi connectivity index (χ3v) is 4.94. The van der Waals surface area contributed by atoms with Gasteiger partial charge in [-0.25, -0.2) is 0 Å². The molecule has 0 spiro atoms. The molecule has 0 unspecified atom stereocenters. The molecule has 4 aliphatic rings. The van der Waals surface area contributed by atoms with Gasteiger partial charge in [0.2, 0.25) is 5.91 Å². The maximum atomic E-state index is 12.6. The molecule has 2 saturated heterocycles. The lowest BCUT2D eigenvalue weighted by molar-refractivity contribution is -0.140. The number of piperidine rings is 1. The highest BCUT2D eigenvalue weighted by molar-refractivity contribution is 5.80. The van der Waals surface area contributed by atoms with Crippen LogP contribution in [0.1, 0.15) is 42.3 Å². The van der Waals surface area contributed by atoms with Crippen molar-refractivity contribution in [1.29, 1.82) is 0 Å². The summed E-state index contributed by atoms with van der Waals surface area (Å²) >= 11 is 0. The van der Waals surface area contributed by atoms with E-state index in [-0.39, 0.29) is 5.92 Å². The first-order valence-electron chi connectivity index (χ1n) is 7.31. The number of nitrogens with zero attached hydrogens (tertiary/aromatic N) is 1. The largest absolute Gasteiger partial charge is 0.381 e. The summed E-state index contributed by atoms with van der Waals surface area (Å²) in [5.41, 5.74) is 2.86. The number of fused-ring (bicyclic) bond motifs is 2. The molecule has 0 radical (unpaired) electrons. The zero-order chi connectivity index (χ0) is 12.8. The standard InChI is InChI=1S/C16H19NO2/c18-16(12-7-8-19-10-12)17-9-11-5-6-15(17)14-4-2-1-3-13(11)14/h1-4,11-12,15H,5-10H2/t11-,12+,15+/m1/s1. The Labute approximate surface area is 113 Å². The van der Waals surface area contributed by atoms with Crippen LogP contribution in [-0.4, -0.2) is 30.6 Å². The third-order valence-electron chi connectivity index (χ3n) is 4.94. The molecule has 3 heteroatoms. The van der Waals surface area contributed by atoms with Crippen molar-refractivity contribution in [2.75, 3.05) is 19.8 Å². The van der Waals surface area contributed by atoms with E-state index in [1.54, 1.807) is 0 Å². The van der Waals surface area contributed by atoms with E-state index >= 15 is 0 Å². The molecule has 1 aromatic carbocycles. The van der Waals surface area contributed by atoms with Crippen molar-refractivity contribution in [3.05, 3.63) is 35.4 Å². The van der Waals surface area contributed by atoms with Crippen LogP contribution in [0.15, 0.2) is 24.3 Å². The molecule has 2 bridgehead atoms. The van der Waals surface area contributed by atoms with Gasteiger partial charge in [-0.2, -0.15) is 0 Å². The Morgan fingerprint density at radius 3 is 2.79 bits per heavy atom. The molecular formula is C16H19NO2. The van der Waals surface area contributed by atoms with Gasteiger partial charge in [-0.1, -0.05) is 24.3 Å². The molecule has 1 aromatic rings. The van der Waals surface area contributed by atoms with Crippen LogP contribution < -0.4 is 0 Å². The van der Waals surface area contributed by atoms with E-state index in [1.807, 2.05) is 0 Å². The van der Waals surface area contributed by atoms with Crippen LogP contribution in [0, 0.1) is 5.92 Å². The Hall–Kier alpha value is -1.35. The number of hydrogen-bond donors (Lipinski definition) is 0. The number of carbonyl (C=O) groups excluding carboxylic acids is 1. The van der Waals surface area contributed by atoms with Crippen molar-refractivity contribution in [2.24, 2.45) is 5.92 Å². The van der Waals surface area contributed by atoms with Gasteiger partial charge in [0, 0.05) is 19.1 Å². The lowest BCUT2D eigenvalue weighted by atomic mass is 9.74. The zero-order valence-corrected chi connectivity index (χ0v) is 11.0. The first-order chi connectivity index (χ1) is 9.34. The van der Waals surface area contributed by atoms with Gasteiger partial charge in [0.1, 0.15) is 0 Å². The molecule has 3 nitrogen and oxygen atoms in total. The van der Waals surface area contributed by atoms with Crippen molar-refractivity contribution in [3.8, 4) is 0 Å². The predicted octanol–water partition coefficient (Wildman–Crippen LogP) is 2.48. The lowest BCUT2D eigenvalue weighted by Gasteiger charge is -2.47. The van der Waals surface area contributed by atoms with E-state index in [4.69, 9.17) is 4.74 Å². The van der Waals surface area contributed by atoms with Gasteiger partial charge in [0.15, 0.2) is 0 Å². The fourth-order valence-corrected chi connectivity index (χ4v) is 3.94. The van der Waals surface area contributed by atoms with Crippen LogP contribution in [0.4, 0.5) is 0 Å². The van der Waals surface area contributed by atoms with E-state index in [0.717, 1.165) is 26.0 Å². The number of carbonyl (C=O) groups is 1. The van der Waals surface area contributed by atoms with Crippen LogP contribution in [-0.2, 0) is 9.53 Å². The predicted molar refractivity (Wildman–Crippen MR) is 71.8 cm³/mol. The second-order valence-corrected chi connectivity index (χ2v) is 5.97. The van der Waals surface area contributed by atoms with E-state index in [2.05, 4.69) is 29.2 Å². The molecule has 3 atom stereocenters. The second-order valence-electron chi connectivity index (χ2n) is 5.97. The van der Waals surface area contributed by atoms with Gasteiger partial charge in [-0.05, 0) is 30.4 Å². The van der Waals surface area contributed by atoms with Crippen LogP contribution in [0.5, 0.6) is 0 Å². The van der Waals surface area contributed by atoms with Crippen molar-refractivity contribution in [1.82, 2.24) is 4.90 Å². The average molecular weight is 257 g/mol. The molecule has 1 amide bonds. The van der Waals surface area contributed by atoms with Crippen molar-refractivity contribution < 1.29 is 9.53 Å². The first-order valence-corrected chi connectivity index (χ1v) is 7.31. The normalized spacial score (nSPS) is 32.4. The maximum Gasteiger partial charge on any atom is 0.228 e. The quantitative estimate of drug-likeness (QED) is 0.773. The maximum absolute atomic E-state index is 12.6. The zero-order valence-electron chi connectivity index (χ0n) is 11.0. The number of hydrogen-bond acceptors (Lipinski definition) is 2. The van der Waals surface area contributed by atoms with E-state index < -0.39 is 0 Å². The summed E-state index contributed by atoms with van der Waals surface area (Å²) in [6.45, 7) is 2.28. The fraction of sp³-hybridized carbons (Fsp3) is 0.562. The van der Waals surface area contributed by atoms with Gasteiger partial charge in [0.25, 0.3) is 0 Å². The molecule has 3 heterocycles. The summed E-state index contributed by atoms with van der Waals surface area (Å²) in [4.78, 5) is 14.8. The van der Waals surface area contributed by atoms with Crippen LogP contribution in [0.3, 0.4) is 0 Å². The molecule has 1 aliphatic carbocycles. The van der Waals surface area contributed by atoms with Crippen LogP contribution in [0.25, 0.3) is 0 Å². The number of rotatable bonds is 1. The molecule has 0 N–H and O–H groups in total. The van der Waals surface area contributed by atoms with Gasteiger partial charge >= 0.3 is 0 Å². The summed E-state index contributed by atoms with van der Waals surface area (Å²) in [7, 11) is 0. The van der Waals surface area contributed by atoms with E-state index in [0.29, 0.717) is 24.5 Å². The Balaban J connectivity index is 1.65. The first kappa shape index (κ1) is 11.5. The minimum absolute atomic E-state index is 0.103. The summed E-state index contributed by atoms with van der Waals surface area (Å²) < 4.78 is 5.37. The molecule has 19 heavy (non-hydrogen) atoms. The van der Waals surface area contributed by atoms with E-state index in [9.17, 15) is 4.79 Å². The number of benzene rings is 1. The summed E-state index contributed by atoms with van der Waals surface area (Å²) in [5, 5.41) is 0. The molecular weight excluding hydrogens is 238 g/mol. The average Bonchev–Trinajstić information content (AvgIpc) is 3.01. The molecule has 0 aromatic heterocycles. The molecule has 0 saturated carbocycles. The Kier molecular flexibility index (Phi) is 2.62. The Bertz CT molecular complexity index is 507. The SMILES string of the molecule is O=C([C@H]1CCOC1)N1C[C@H]2CC[C@H]1c1ccccc12. The smallest absolute Gasteiger partial charge is 0.228 e. The van der Waals surface area contributed by atoms with Gasteiger partial charge in [0.05, 0.1) is 18.6 Å². The van der Waals surface area contributed by atoms with Crippen molar-refractivity contribution in [3.63, 3.8) is 0 Å². The summed E-state index contributed by atoms with van der Waals surface area (Å²) in [6.07, 6.45) is 3.25. The molecule has 5 rings (SSSR count). The van der Waals surface area contributed by atoms with Crippen LogP contribution >= 0.6 is 0 Å². The fourth-order valence-electron chi connectivity index (χ4n) is 3.94. The lowest BCUT2D eigenvalue weighted by Crippen LogP contribution is -2.48. The van der Waals surface area contributed by atoms with Crippen LogP contribution in [0.2, 0.25) is 0 Å².